The predicted molar refractivity (Wildman–Crippen MR) is 115 cm³/mol. The number of aromatic nitrogens is 3. The maximum atomic E-state index is 13.2. The van der Waals surface area contributed by atoms with Crippen LogP contribution in [0.1, 0.15) is 28.3 Å². The third kappa shape index (κ3) is 3.28. The number of phenolic OH excluding ortho intramolecular Hbond substituents is 1. The number of nitrogens with zero attached hydrogens (tertiary/aromatic N) is 3. The van der Waals surface area contributed by atoms with E-state index in [9.17, 15) is 14.6 Å². The number of rotatable bonds is 4. The average Bonchev–Trinajstić information content (AvgIpc) is 3.29. The molecular weight excluding hydrogens is 397 g/mol. The molecule has 2 N–H and O–H groups in total. The molecule has 0 aliphatic carbocycles. The smallest absolute Gasteiger partial charge is 0.202 e. The summed E-state index contributed by atoms with van der Waals surface area (Å²) in [6.07, 6.45) is 6.08. The van der Waals surface area contributed by atoms with Crippen molar-refractivity contribution in [2.75, 3.05) is 0 Å². The van der Waals surface area contributed by atoms with E-state index in [1.54, 1.807) is 42.3 Å². The van der Waals surface area contributed by atoms with Crippen molar-refractivity contribution in [1.82, 2.24) is 14.5 Å². The molecule has 0 saturated carbocycles. The Labute approximate surface area is 177 Å². The fourth-order valence-corrected chi connectivity index (χ4v) is 4.03. The van der Waals surface area contributed by atoms with Gasteiger partial charge in [0.1, 0.15) is 17.1 Å². The largest absolute Gasteiger partial charge is 0.505 e. The van der Waals surface area contributed by atoms with Gasteiger partial charge in [0.2, 0.25) is 5.88 Å². The van der Waals surface area contributed by atoms with Crippen LogP contribution in [0, 0.1) is 12.7 Å². The zero-order valence-corrected chi connectivity index (χ0v) is 17.1. The zero-order valence-electron chi connectivity index (χ0n) is 17.1. The molecule has 5 rings (SSSR count). The van der Waals surface area contributed by atoms with E-state index in [0.29, 0.717) is 40.8 Å². The Morgan fingerprint density at radius 1 is 1.00 bits per heavy atom. The molecule has 7 heteroatoms. The molecule has 5 aromatic rings. The number of hydrogen-bond acceptors (Lipinski definition) is 5. The lowest BCUT2D eigenvalue weighted by Crippen LogP contribution is -1.96. The van der Waals surface area contributed by atoms with Gasteiger partial charge in [-0.15, -0.1) is 0 Å². The van der Waals surface area contributed by atoms with Gasteiger partial charge in [0.25, 0.3) is 0 Å². The first-order valence-corrected chi connectivity index (χ1v) is 9.87. The molecule has 0 saturated heterocycles. The number of fused-ring (bicyclic) bond motifs is 2. The van der Waals surface area contributed by atoms with Gasteiger partial charge in [-0.1, -0.05) is 12.1 Å². The van der Waals surface area contributed by atoms with Gasteiger partial charge in [0, 0.05) is 30.2 Å². The number of aromatic hydroxyl groups is 2. The Kier molecular flexibility index (Phi) is 4.39. The van der Waals surface area contributed by atoms with Crippen LogP contribution in [0.2, 0.25) is 0 Å². The van der Waals surface area contributed by atoms with E-state index in [-0.39, 0.29) is 17.4 Å². The van der Waals surface area contributed by atoms with Gasteiger partial charge in [0.15, 0.2) is 11.6 Å². The summed E-state index contributed by atoms with van der Waals surface area (Å²) in [5.74, 6) is 0.874. The van der Waals surface area contributed by atoms with Crippen LogP contribution >= 0.6 is 0 Å². The van der Waals surface area contributed by atoms with Crippen molar-refractivity contribution < 1.29 is 19.0 Å². The lowest BCUT2D eigenvalue weighted by atomic mass is 9.96. The Balaban J connectivity index is 1.72. The van der Waals surface area contributed by atoms with E-state index < -0.39 is 0 Å². The van der Waals surface area contributed by atoms with Crippen LogP contribution < -0.4 is 0 Å². The van der Waals surface area contributed by atoms with Crippen LogP contribution in [0.15, 0.2) is 53.3 Å². The molecule has 31 heavy (non-hydrogen) atoms. The highest BCUT2D eigenvalue weighted by Crippen LogP contribution is 2.42. The molecule has 0 bridgehead atoms. The highest BCUT2D eigenvalue weighted by Gasteiger charge is 2.21. The summed E-state index contributed by atoms with van der Waals surface area (Å²) < 4.78 is 20.5. The lowest BCUT2D eigenvalue weighted by molar-refractivity contribution is 0.432. The first-order chi connectivity index (χ1) is 14.9. The summed E-state index contributed by atoms with van der Waals surface area (Å²) in [5, 5.41) is 23.2. The van der Waals surface area contributed by atoms with Gasteiger partial charge in [-0.25, -0.2) is 9.37 Å². The number of pyridine rings is 1. The molecule has 0 aliphatic rings. The van der Waals surface area contributed by atoms with Gasteiger partial charge in [0.05, 0.1) is 18.0 Å². The van der Waals surface area contributed by atoms with Gasteiger partial charge < -0.3 is 19.2 Å². The first-order valence-electron chi connectivity index (χ1n) is 9.87. The van der Waals surface area contributed by atoms with E-state index in [4.69, 9.17) is 4.42 Å². The number of phenols is 1. The second kappa shape index (κ2) is 7.12. The minimum Gasteiger partial charge on any atom is -0.505 e. The third-order valence-corrected chi connectivity index (χ3v) is 5.52. The second-order valence-corrected chi connectivity index (χ2v) is 7.76. The molecule has 0 atom stereocenters. The molecule has 2 aromatic carbocycles. The highest BCUT2D eigenvalue weighted by atomic mass is 19.1. The van der Waals surface area contributed by atoms with Crippen LogP contribution in [-0.2, 0) is 19.9 Å². The number of benzene rings is 2. The molecule has 0 amide bonds. The Morgan fingerprint density at radius 2 is 1.77 bits per heavy atom. The number of hydrogen-bond donors (Lipinski definition) is 2. The van der Waals surface area contributed by atoms with Crippen molar-refractivity contribution in [2.45, 2.75) is 19.8 Å². The van der Waals surface area contributed by atoms with E-state index in [1.165, 1.54) is 12.1 Å². The van der Waals surface area contributed by atoms with Crippen molar-refractivity contribution >= 4 is 21.7 Å². The fourth-order valence-electron chi connectivity index (χ4n) is 4.03. The minimum absolute atomic E-state index is 0.0311. The summed E-state index contributed by atoms with van der Waals surface area (Å²) in [5.41, 5.74) is 3.13. The van der Waals surface area contributed by atoms with Crippen molar-refractivity contribution in [2.24, 2.45) is 7.05 Å². The Morgan fingerprint density at radius 3 is 2.48 bits per heavy atom. The number of aryl methyl sites for hydroxylation is 2. The monoisotopic (exact) mass is 417 g/mol. The Hall–Kier alpha value is -3.87. The molecule has 3 aromatic heterocycles. The lowest BCUT2D eigenvalue weighted by Gasteiger charge is -2.11. The topological polar surface area (TPSA) is 84.3 Å². The quantitative estimate of drug-likeness (QED) is 0.441. The van der Waals surface area contributed by atoms with Crippen LogP contribution in [0.25, 0.3) is 21.7 Å². The highest BCUT2D eigenvalue weighted by molar-refractivity contribution is 6.09. The summed E-state index contributed by atoms with van der Waals surface area (Å²) in [4.78, 5) is 8.83. The van der Waals surface area contributed by atoms with E-state index in [2.05, 4.69) is 9.97 Å². The van der Waals surface area contributed by atoms with Gasteiger partial charge in [-0.05, 0) is 48.2 Å². The van der Waals surface area contributed by atoms with E-state index in [1.807, 2.05) is 13.0 Å². The summed E-state index contributed by atoms with van der Waals surface area (Å²) >= 11 is 0. The van der Waals surface area contributed by atoms with Crippen LogP contribution in [-0.4, -0.2) is 24.7 Å². The normalized spacial score (nSPS) is 11.6. The van der Waals surface area contributed by atoms with Crippen molar-refractivity contribution in [3.8, 4) is 11.6 Å². The molecule has 0 unspecified atom stereocenters. The molecule has 0 fully saturated rings. The fraction of sp³-hybridized carbons (Fsp3) is 0.167. The summed E-state index contributed by atoms with van der Waals surface area (Å²) in [6.45, 7) is 1.83. The zero-order chi connectivity index (χ0) is 21.7. The minimum atomic E-state index is -0.278. The molecule has 3 heterocycles. The molecule has 6 nitrogen and oxygen atoms in total. The van der Waals surface area contributed by atoms with Crippen LogP contribution in [0.3, 0.4) is 0 Å². The molecule has 0 spiro atoms. The van der Waals surface area contributed by atoms with Crippen LogP contribution in [0.4, 0.5) is 4.39 Å². The van der Waals surface area contributed by atoms with Crippen molar-refractivity contribution in [3.05, 3.63) is 83.1 Å². The molecule has 156 valence electrons. The Bertz CT molecular complexity index is 1430. The maximum absolute atomic E-state index is 13.2. The summed E-state index contributed by atoms with van der Waals surface area (Å²) in [7, 11) is 1.71. The molecule has 0 aliphatic heterocycles. The van der Waals surface area contributed by atoms with Crippen molar-refractivity contribution in [3.63, 3.8) is 0 Å². The molecular formula is C24H20FN3O3. The van der Waals surface area contributed by atoms with Crippen LogP contribution in [0.5, 0.6) is 11.6 Å². The number of oxazole rings is 1. The first kappa shape index (κ1) is 19.1. The van der Waals surface area contributed by atoms with Gasteiger partial charge in [-0.3, -0.25) is 4.98 Å². The predicted octanol–water partition coefficient (Wildman–Crippen LogP) is 4.75. The molecule has 0 radical (unpaired) electrons. The average molecular weight is 417 g/mol. The standard InChI is InChI=1S/C24H20FN3O3/c1-13-10-26-20(31-13)9-17-18-8-15(7-14-3-5-16(25)6-4-14)11-27-22(18)23(29)21-19(17)12-28(2)24(21)30/h3-6,8,10-12,29-30H,7,9H2,1-2H3. The van der Waals surface area contributed by atoms with Gasteiger partial charge >= 0.3 is 0 Å². The third-order valence-electron chi connectivity index (χ3n) is 5.52. The maximum Gasteiger partial charge on any atom is 0.202 e. The van der Waals surface area contributed by atoms with E-state index in [0.717, 1.165) is 22.1 Å². The summed E-state index contributed by atoms with van der Waals surface area (Å²) in [6, 6.07) is 8.32. The second-order valence-electron chi connectivity index (χ2n) is 7.76. The number of halogens is 1. The van der Waals surface area contributed by atoms with Gasteiger partial charge in [-0.2, -0.15) is 0 Å². The van der Waals surface area contributed by atoms with Crippen molar-refractivity contribution in [1.29, 1.82) is 0 Å². The SMILES string of the molecule is Cc1cnc(Cc2c3cc(Cc4ccc(F)cc4)cnc3c(O)c3c(O)n(C)cc23)o1. The van der Waals surface area contributed by atoms with E-state index >= 15 is 0 Å².